The van der Waals surface area contributed by atoms with Gasteiger partial charge in [-0.25, -0.2) is 0 Å². The lowest BCUT2D eigenvalue weighted by Gasteiger charge is -2.07. The van der Waals surface area contributed by atoms with Crippen LogP contribution in [0.3, 0.4) is 0 Å². The zero-order valence-corrected chi connectivity index (χ0v) is 12.6. The Balaban J connectivity index is 0.000000219. The molecule has 114 valence electrons. The summed E-state index contributed by atoms with van der Waals surface area (Å²) in [5.74, 6) is 0.376. The van der Waals surface area contributed by atoms with Gasteiger partial charge in [0, 0.05) is 11.1 Å². The fraction of sp³-hybridized carbons (Fsp3) is 0.294. The van der Waals surface area contributed by atoms with Gasteiger partial charge in [0.15, 0.2) is 0 Å². The summed E-state index contributed by atoms with van der Waals surface area (Å²) in [4.78, 5) is 0. The van der Waals surface area contributed by atoms with Crippen molar-refractivity contribution < 1.29 is 20.4 Å². The van der Waals surface area contributed by atoms with E-state index in [9.17, 15) is 5.11 Å². The Morgan fingerprint density at radius 2 is 1.38 bits per heavy atom. The molecule has 0 bridgehead atoms. The lowest BCUT2D eigenvalue weighted by atomic mass is 10.1. The van der Waals surface area contributed by atoms with E-state index in [1.165, 1.54) is 0 Å². The van der Waals surface area contributed by atoms with Crippen molar-refractivity contribution in [3.63, 3.8) is 0 Å². The number of hydrogen-bond acceptors (Lipinski definition) is 4. The number of benzene rings is 2. The number of aliphatic hydroxyl groups excluding tert-OH is 2. The zero-order chi connectivity index (χ0) is 16.0. The first-order valence-electron chi connectivity index (χ1n) is 6.69. The first kappa shape index (κ1) is 17.0. The maximum atomic E-state index is 9.39. The predicted molar refractivity (Wildman–Crippen MR) is 82.3 cm³/mol. The molecule has 0 aliphatic carbocycles. The quantitative estimate of drug-likeness (QED) is 0.685. The summed E-state index contributed by atoms with van der Waals surface area (Å²) in [6.45, 7) is 5.32. The number of aliphatic hydroxyl groups is 2. The summed E-state index contributed by atoms with van der Waals surface area (Å²) in [5.41, 5.74) is 3.94. The van der Waals surface area contributed by atoms with Gasteiger partial charge in [-0.05, 0) is 38.0 Å². The monoisotopic (exact) mass is 290 g/mol. The second-order valence-electron chi connectivity index (χ2n) is 4.97. The van der Waals surface area contributed by atoms with Crippen LogP contribution in [0.5, 0.6) is 11.5 Å². The van der Waals surface area contributed by atoms with Crippen LogP contribution in [0.1, 0.15) is 27.8 Å². The number of phenolic OH excluding ortho intramolecular Hbond substituents is 1. The van der Waals surface area contributed by atoms with Crippen molar-refractivity contribution in [2.45, 2.75) is 34.0 Å². The van der Waals surface area contributed by atoms with Gasteiger partial charge < -0.3 is 20.4 Å². The SMILES string of the molecule is Cc1cc(CO)c(O)c(CO)c1.Cc1cccc(O)c1C. The minimum absolute atomic E-state index is 0.00870. The van der Waals surface area contributed by atoms with Gasteiger partial charge in [0.25, 0.3) is 0 Å². The smallest absolute Gasteiger partial charge is 0.126 e. The molecule has 0 unspecified atom stereocenters. The Morgan fingerprint density at radius 1 is 0.857 bits per heavy atom. The highest BCUT2D eigenvalue weighted by Gasteiger charge is 2.06. The predicted octanol–water partition coefficient (Wildman–Crippen LogP) is 2.69. The van der Waals surface area contributed by atoms with Crippen molar-refractivity contribution >= 4 is 0 Å². The number of phenols is 2. The van der Waals surface area contributed by atoms with Gasteiger partial charge in [0.05, 0.1) is 13.2 Å². The lowest BCUT2D eigenvalue weighted by molar-refractivity contribution is 0.263. The molecule has 4 nitrogen and oxygen atoms in total. The third-order valence-electron chi connectivity index (χ3n) is 3.33. The number of aryl methyl sites for hydroxylation is 2. The molecule has 4 N–H and O–H groups in total. The highest BCUT2D eigenvalue weighted by molar-refractivity contribution is 5.42. The van der Waals surface area contributed by atoms with E-state index in [1.807, 2.05) is 32.9 Å². The highest BCUT2D eigenvalue weighted by Crippen LogP contribution is 2.24. The van der Waals surface area contributed by atoms with Crippen LogP contribution in [0.4, 0.5) is 0 Å². The van der Waals surface area contributed by atoms with Crippen LogP contribution in [0.25, 0.3) is 0 Å². The molecule has 2 rings (SSSR count). The summed E-state index contributed by atoms with van der Waals surface area (Å²) in [6.07, 6.45) is 0. The molecule has 0 heterocycles. The second-order valence-corrected chi connectivity index (χ2v) is 4.97. The first-order valence-corrected chi connectivity index (χ1v) is 6.69. The van der Waals surface area contributed by atoms with Crippen molar-refractivity contribution in [3.8, 4) is 11.5 Å². The van der Waals surface area contributed by atoms with Crippen LogP contribution >= 0.6 is 0 Å². The van der Waals surface area contributed by atoms with Gasteiger partial charge in [0.2, 0.25) is 0 Å². The molecule has 2 aromatic rings. The molecule has 0 amide bonds. The number of hydrogen-bond donors (Lipinski definition) is 4. The largest absolute Gasteiger partial charge is 0.508 e. The third kappa shape index (κ3) is 4.48. The third-order valence-corrected chi connectivity index (χ3v) is 3.33. The first-order chi connectivity index (χ1) is 9.90. The molecule has 4 heteroatoms. The van der Waals surface area contributed by atoms with Crippen molar-refractivity contribution in [1.29, 1.82) is 0 Å². The molecule has 2 aromatic carbocycles. The van der Waals surface area contributed by atoms with E-state index in [-0.39, 0.29) is 19.0 Å². The van der Waals surface area contributed by atoms with Gasteiger partial charge in [-0.3, -0.25) is 0 Å². The van der Waals surface area contributed by atoms with Crippen LogP contribution in [-0.4, -0.2) is 20.4 Å². The molecule has 0 aliphatic rings. The van der Waals surface area contributed by atoms with Gasteiger partial charge in [-0.2, -0.15) is 0 Å². The maximum Gasteiger partial charge on any atom is 0.126 e. The minimum atomic E-state index is -0.208. The van der Waals surface area contributed by atoms with Crippen molar-refractivity contribution in [2.75, 3.05) is 0 Å². The Kier molecular flexibility index (Phi) is 6.21. The van der Waals surface area contributed by atoms with E-state index in [0.717, 1.165) is 16.7 Å². The van der Waals surface area contributed by atoms with E-state index in [2.05, 4.69) is 0 Å². The van der Waals surface area contributed by atoms with E-state index in [0.29, 0.717) is 16.9 Å². The Morgan fingerprint density at radius 3 is 1.76 bits per heavy atom. The van der Waals surface area contributed by atoms with E-state index < -0.39 is 0 Å². The molecule has 0 fully saturated rings. The van der Waals surface area contributed by atoms with Gasteiger partial charge >= 0.3 is 0 Å². The average molecular weight is 290 g/mol. The maximum absolute atomic E-state index is 9.39. The topological polar surface area (TPSA) is 80.9 Å². The molecule has 0 aliphatic heterocycles. The average Bonchev–Trinajstić information content (AvgIpc) is 2.47. The molecule has 0 aromatic heterocycles. The molecule has 0 spiro atoms. The van der Waals surface area contributed by atoms with Crippen LogP contribution in [0, 0.1) is 20.8 Å². The molecule has 0 saturated heterocycles. The van der Waals surface area contributed by atoms with E-state index in [4.69, 9.17) is 15.3 Å². The number of aromatic hydroxyl groups is 2. The summed E-state index contributed by atoms with van der Waals surface area (Å²) in [5, 5.41) is 36.1. The van der Waals surface area contributed by atoms with Gasteiger partial charge in [-0.1, -0.05) is 29.8 Å². The van der Waals surface area contributed by atoms with E-state index >= 15 is 0 Å². The Hall–Kier alpha value is -2.04. The van der Waals surface area contributed by atoms with E-state index in [1.54, 1.807) is 18.2 Å². The molecule has 0 atom stereocenters. The Labute approximate surface area is 124 Å². The molecular weight excluding hydrogens is 268 g/mol. The molecule has 21 heavy (non-hydrogen) atoms. The number of rotatable bonds is 2. The van der Waals surface area contributed by atoms with Crippen molar-refractivity contribution in [1.82, 2.24) is 0 Å². The highest BCUT2D eigenvalue weighted by atomic mass is 16.3. The summed E-state index contributed by atoms with van der Waals surface area (Å²) < 4.78 is 0. The molecular formula is C17H22O4. The van der Waals surface area contributed by atoms with Crippen LogP contribution < -0.4 is 0 Å². The van der Waals surface area contributed by atoms with Gasteiger partial charge in [-0.15, -0.1) is 0 Å². The normalized spacial score (nSPS) is 9.95. The van der Waals surface area contributed by atoms with Gasteiger partial charge in [0.1, 0.15) is 11.5 Å². The van der Waals surface area contributed by atoms with Crippen molar-refractivity contribution in [3.05, 3.63) is 58.1 Å². The summed E-state index contributed by atoms with van der Waals surface area (Å²) in [6, 6.07) is 8.90. The standard InChI is InChI=1S/C9H12O3.C8H10O/c1-6-2-7(4-10)9(12)8(3-6)5-11;1-6-4-3-5-8(9)7(6)2/h2-3,10-12H,4-5H2,1H3;3-5,9H,1-2H3. The zero-order valence-electron chi connectivity index (χ0n) is 12.6. The van der Waals surface area contributed by atoms with Crippen LogP contribution in [0.15, 0.2) is 30.3 Å². The lowest BCUT2D eigenvalue weighted by Crippen LogP contribution is -1.92. The van der Waals surface area contributed by atoms with Crippen LogP contribution in [0.2, 0.25) is 0 Å². The summed E-state index contributed by atoms with van der Waals surface area (Å²) >= 11 is 0. The molecule has 0 radical (unpaired) electrons. The summed E-state index contributed by atoms with van der Waals surface area (Å²) in [7, 11) is 0. The fourth-order valence-corrected chi connectivity index (χ4v) is 1.91. The fourth-order valence-electron chi connectivity index (χ4n) is 1.91. The Bertz CT molecular complexity index is 560. The van der Waals surface area contributed by atoms with Crippen LogP contribution in [-0.2, 0) is 13.2 Å². The van der Waals surface area contributed by atoms with Crippen molar-refractivity contribution in [2.24, 2.45) is 0 Å². The second kappa shape index (κ2) is 7.67. The minimum Gasteiger partial charge on any atom is -0.508 e. The molecule has 0 saturated carbocycles.